The van der Waals surface area contributed by atoms with Crippen molar-refractivity contribution < 1.29 is 14.3 Å². The molecule has 2 fully saturated rings. The average Bonchev–Trinajstić information content (AvgIpc) is 2.86. The number of nitrogens with one attached hydrogen (secondary N) is 1. The van der Waals surface area contributed by atoms with Crippen molar-refractivity contribution in [2.75, 3.05) is 26.3 Å². The zero-order valence-corrected chi connectivity index (χ0v) is 21.7. The zero-order chi connectivity index (χ0) is 24.9. The lowest BCUT2D eigenvalue weighted by Gasteiger charge is -2.45. The summed E-state index contributed by atoms with van der Waals surface area (Å²) >= 11 is 12.5. The Balaban J connectivity index is 1.66. The number of carbonyl (C=O) groups excluding carboxylic acids is 2. The lowest BCUT2D eigenvalue weighted by atomic mass is 9.70. The molecule has 8 heteroatoms. The molecule has 35 heavy (non-hydrogen) atoms. The minimum Gasteiger partial charge on any atom is -0.379 e. The van der Waals surface area contributed by atoms with Gasteiger partial charge in [-0.1, -0.05) is 49.2 Å². The van der Waals surface area contributed by atoms with Gasteiger partial charge in [-0.3, -0.25) is 14.7 Å². The number of hydrogen-bond donors (Lipinski definition) is 1. The van der Waals surface area contributed by atoms with E-state index in [2.05, 4.69) is 35.1 Å². The number of amides is 1. The maximum Gasteiger partial charge on any atom is 0.223 e. The topological polar surface area (TPSA) is 71.5 Å². The number of rotatable bonds is 8. The highest BCUT2D eigenvalue weighted by Gasteiger charge is 2.43. The predicted molar refractivity (Wildman–Crippen MR) is 138 cm³/mol. The van der Waals surface area contributed by atoms with Crippen LogP contribution >= 0.6 is 23.2 Å². The van der Waals surface area contributed by atoms with Crippen molar-refractivity contribution in [1.82, 2.24) is 15.2 Å². The Bertz CT molecular complexity index is 1010. The second kappa shape index (κ2) is 11.8. The third kappa shape index (κ3) is 6.05. The van der Waals surface area contributed by atoms with Crippen LogP contribution in [0.3, 0.4) is 0 Å². The van der Waals surface area contributed by atoms with Gasteiger partial charge in [0.1, 0.15) is 6.29 Å². The number of carbonyl (C=O) groups is 2. The van der Waals surface area contributed by atoms with Crippen molar-refractivity contribution in [3.63, 3.8) is 0 Å². The molecular formula is C27H33Cl2N3O3. The molecule has 0 bridgehead atoms. The fourth-order valence-corrected chi connectivity index (χ4v) is 5.97. The lowest BCUT2D eigenvalue weighted by Crippen LogP contribution is -2.54. The van der Waals surface area contributed by atoms with Crippen molar-refractivity contribution in [1.29, 1.82) is 0 Å². The van der Waals surface area contributed by atoms with E-state index < -0.39 is 0 Å². The van der Waals surface area contributed by atoms with Crippen LogP contribution in [0, 0.1) is 17.8 Å². The first kappa shape index (κ1) is 26.1. The van der Waals surface area contributed by atoms with E-state index in [0.717, 1.165) is 30.6 Å². The van der Waals surface area contributed by atoms with E-state index in [0.29, 0.717) is 29.7 Å². The summed E-state index contributed by atoms with van der Waals surface area (Å²) in [7, 11) is 0. The first-order valence-electron chi connectivity index (χ1n) is 12.3. The predicted octanol–water partition coefficient (Wildman–Crippen LogP) is 4.91. The van der Waals surface area contributed by atoms with Gasteiger partial charge in [-0.05, 0) is 48.1 Å². The summed E-state index contributed by atoms with van der Waals surface area (Å²) in [5.74, 6) is -0.0469. The van der Waals surface area contributed by atoms with Crippen molar-refractivity contribution >= 4 is 35.4 Å². The molecule has 1 aromatic carbocycles. The Morgan fingerprint density at radius 2 is 1.94 bits per heavy atom. The molecular weight excluding hydrogens is 485 g/mol. The first-order chi connectivity index (χ1) is 16.9. The minimum atomic E-state index is -0.330. The van der Waals surface area contributed by atoms with E-state index in [-0.39, 0.29) is 48.1 Å². The summed E-state index contributed by atoms with van der Waals surface area (Å²) in [5, 5.41) is 4.57. The van der Waals surface area contributed by atoms with Gasteiger partial charge in [-0.2, -0.15) is 0 Å². The molecule has 1 N–H and O–H groups in total. The van der Waals surface area contributed by atoms with Gasteiger partial charge < -0.3 is 14.8 Å². The molecule has 0 saturated carbocycles. The quantitative estimate of drug-likeness (QED) is 0.503. The second-order valence-corrected chi connectivity index (χ2v) is 10.6. The monoisotopic (exact) mass is 517 g/mol. The highest BCUT2D eigenvalue weighted by Crippen LogP contribution is 2.42. The van der Waals surface area contributed by atoms with Crippen molar-refractivity contribution in [2.45, 2.75) is 44.7 Å². The third-order valence-electron chi connectivity index (χ3n) is 7.70. The summed E-state index contributed by atoms with van der Waals surface area (Å²) in [6.07, 6.45) is 3.38. The van der Waals surface area contributed by atoms with Gasteiger partial charge in [0, 0.05) is 48.6 Å². The Morgan fingerprint density at radius 1 is 1.17 bits per heavy atom. The number of halogens is 2. The second-order valence-electron chi connectivity index (χ2n) is 9.74. The van der Waals surface area contributed by atoms with Crippen molar-refractivity contribution in [3.8, 4) is 0 Å². The van der Waals surface area contributed by atoms with E-state index in [9.17, 15) is 9.59 Å². The number of pyridine rings is 1. The Kier molecular flexibility index (Phi) is 8.82. The molecule has 0 aliphatic carbocycles. The number of benzene rings is 1. The Hall–Kier alpha value is -1.99. The number of piperidine rings is 1. The number of hydrogen-bond acceptors (Lipinski definition) is 5. The fourth-order valence-electron chi connectivity index (χ4n) is 5.66. The summed E-state index contributed by atoms with van der Waals surface area (Å²) in [6, 6.07) is 11.7. The van der Waals surface area contributed by atoms with E-state index in [1.54, 1.807) is 6.20 Å². The van der Waals surface area contributed by atoms with Crippen LogP contribution in [-0.2, 0) is 14.3 Å². The molecule has 0 spiro atoms. The molecule has 1 aromatic heterocycles. The fraction of sp³-hybridized carbons (Fsp3) is 0.519. The smallest absolute Gasteiger partial charge is 0.223 e. The minimum absolute atomic E-state index is 0.0491. The maximum absolute atomic E-state index is 13.0. The highest BCUT2D eigenvalue weighted by atomic mass is 35.5. The van der Waals surface area contributed by atoms with Crippen LogP contribution in [0.5, 0.6) is 0 Å². The molecule has 2 aromatic rings. The summed E-state index contributed by atoms with van der Waals surface area (Å²) in [5.41, 5.74) is 2.06. The molecule has 1 amide bonds. The van der Waals surface area contributed by atoms with Crippen LogP contribution in [0.1, 0.15) is 49.9 Å². The molecule has 0 radical (unpaired) electrons. The van der Waals surface area contributed by atoms with Gasteiger partial charge in [-0.15, -0.1) is 0 Å². The van der Waals surface area contributed by atoms with Crippen LogP contribution in [-0.4, -0.2) is 54.4 Å². The van der Waals surface area contributed by atoms with E-state index in [1.165, 1.54) is 0 Å². The molecule has 3 heterocycles. The van der Waals surface area contributed by atoms with Crippen LogP contribution in [0.25, 0.3) is 0 Å². The molecule has 2 saturated heterocycles. The standard InChI is InChI=1S/C27H33Cl2N3O3/c1-17(18(2)26(32-9-12-35-13-10-32)24-7-6-22(29)16-30-24)25-23(19-4-3-5-21(28)14-19)15-20(8-11-33)27(34)31-25/h3-7,11,14,16-18,20,23,25-26H,8-10,12-13,15H2,1-2H3,(H,31,34)/t17?,18?,20-,23+,25-,26?/m0/s1. The maximum atomic E-state index is 13.0. The Labute approximate surface area is 217 Å². The summed E-state index contributed by atoms with van der Waals surface area (Å²) < 4.78 is 5.62. The first-order valence-corrected chi connectivity index (χ1v) is 13.1. The van der Waals surface area contributed by atoms with Gasteiger partial charge >= 0.3 is 0 Å². The van der Waals surface area contributed by atoms with Crippen molar-refractivity contribution in [2.24, 2.45) is 17.8 Å². The van der Waals surface area contributed by atoms with E-state index >= 15 is 0 Å². The van der Waals surface area contributed by atoms with Crippen LogP contribution in [0.4, 0.5) is 0 Å². The molecule has 2 aliphatic rings. The largest absolute Gasteiger partial charge is 0.379 e. The summed E-state index contributed by atoms with van der Waals surface area (Å²) in [4.78, 5) is 31.4. The lowest BCUT2D eigenvalue weighted by molar-refractivity contribution is -0.131. The molecule has 6 atom stereocenters. The summed E-state index contributed by atoms with van der Waals surface area (Å²) in [6.45, 7) is 7.45. The average molecular weight is 518 g/mol. The van der Waals surface area contributed by atoms with Gasteiger partial charge in [0.2, 0.25) is 5.91 Å². The SMILES string of the molecule is CC(C(C)[C@@H]1NC(=O)[C@@H](CC=O)C[C@@H]1c1cccc(Cl)c1)C(c1ccc(Cl)cn1)N1CCOCC1. The van der Waals surface area contributed by atoms with Crippen molar-refractivity contribution in [3.05, 3.63) is 63.9 Å². The number of aromatic nitrogens is 1. The number of aldehydes is 1. The number of morpholine rings is 1. The van der Waals surface area contributed by atoms with Crippen LogP contribution in [0.2, 0.25) is 10.0 Å². The highest BCUT2D eigenvalue weighted by molar-refractivity contribution is 6.30. The normalized spacial score (nSPS) is 25.9. The number of nitrogens with zero attached hydrogens (tertiary/aromatic N) is 2. The Morgan fingerprint density at radius 3 is 2.60 bits per heavy atom. The molecule has 4 rings (SSSR count). The van der Waals surface area contributed by atoms with Gasteiger partial charge in [0.15, 0.2) is 0 Å². The number of ether oxygens (including phenoxy) is 1. The van der Waals surface area contributed by atoms with Crippen LogP contribution < -0.4 is 5.32 Å². The molecule has 2 aliphatic heterocycles. The zero-order valence-electron chi connectivity index (χ0n) is 20.2. The van der Waals surface area contributed by atoms with Crippen LogP contribution in [0.15, 0.2) is 42.6 Å². The van der Waals surface area contributed by atoms with Gasteiger partial charge in [0.25, 0.3) is 0 Å². The van der Waals surface area contributed by atoms with E-state index in [1.807, 2.05) is 30.3 Å². The van der Waals surface area contributed by atoms with E-state index in [4.69, 9.17) is 27.9 Å². The van der Waals surface area contributed by atoms with Gasteiger partial charge in [-0.25, -0.2) is 0 Å². The molecule has 188 valence electrons. The third-order valence-corrected chi connectivity index (χ3v) is 8.15. The van der Waals surface area contributed by atoms with Gasteiger partial charge in [0.05, 0.1) is 30.0 Å². The molecule has 3 unspecified atom stereocenters. The molecule has 6 nitrogen and oxygen atoms in total.